The minimum absolute atomic E-state index is 0.0770. The molecule has 2 aromatic heterocycles. The first-order valence-electron chi connectivity index (χ1n) is 6.33. The van der Waals surface area contributed by atoms with E-state index in [1.54, 1.807) is 36.9 Å². The molecule has 0 atom stereocenters. The number of halogens is 3. The van der Waals surface area contributed by atoms with E-state index in [1.807, 2.05) is 12.1 Å². The standard InChI is InChI=1S/C15H12F3N3/c1-9-19-7-12(15(16,17)18)14(20-9)11-8-21(2)13-6-4-3-5-10(11)13/h3-8H,1-2H3. The van der Waals surface area contributed by atoms with Gasteiger partial charge in [0.15, 0.2) is 0 Å². The lowest BCUT2D eigenvalue weighted by atomic mass is 10.1. The van der Waals surface area contributed by atoms with Crippen molar-refractivity contribution < 1.29 is 13.2 Å². The van der Waals surface area contributed by atoms with Crippen LogP contribution in [0.3, 0.4) is 0 Å². The van der Waals surface area contributed by atoms with Crippen LogP contribution in [0.25, 0.3) is 22.2 Å². The fourth-order valence-electron chi connectivity index (χ4n) is 2.41. The number of hydrogen-bond donors (Lipinski definition) is 0. The molecule has 0 saturated carbocycles. The highest BCUT2D eigenvalue weighted by Gasteiger charge is 2.35. The topological polar surface area (TPSA) is 30.7 Å². The fraction of sp³-hybridized carbons (Fsp3) is 0.200. The maximum absolute atomic E-state index is 13.2. The van der Waals surface area contributed by atoms with Gasteiger partial charge in [-0.2, -0.15) is 13.2 Å². The number of rotatable bonds is 1. The van der Waals surface area contributed by atoms with Crippen LogP contribution in [0.2, 0.25) is 0 Å². The van der Waals surface area contributed by atoms with Gasteiger partial charge < -0.3 is 4.57 Å². The van der Waals surface area contributed by atoms with Gasteiger partial charge in [-0.05, 0) is 13.0 Å². The van der Waals surface area contributed by atoms with E-state index in [-0.39, 0.29) is 5.69 Å². The molecule has 3 aromatic rings. The number of fused-ring (bicyclic) bond motifs is 1. The Labute approximate surface area is 119 Å². The summed E-state index contributed by atoms with van der Waals surface area (Å²) < 4.78 is 41.4. The van der Waals surface area contributed by atoms with Gasteiger partial charge in [-0.25, -0.2) is 9.97 Å². The van der Waals surface area contributed by atoms with Crippen LogP contribution in [0.15, 0.2) is 36.7 Å². The Morgan fingerprint density at radius 1 is 1.14 bits per heavy atom. The minimum Gasteiger partial charge on any atom is -0.350 e. The van der Waals surface area contributed by atoms with Crippen LogP contribution in [0, 0.1) is 6.92 Å². The van der Waals surface area contributed by atoms with Crippen LogP contribution in [0.1, 0.15) is 11.4 Å². The van der Waals surface area contributed by atoms with Crippen LogP contribution in [0.5, 0.6) is 0 Å². The van der Waals surface area contributed by atoms with Gasteiger partial charge in [0.25, 0.3) is 0 Å². The lowest BCUT2D eigenvalue weighted by Gasteiger charge is -2.11. The summed E-state index contributed by atoms with van der Waals surface area (Å²) in [6.07, 6.45) is -1.97. The Balaban J connectivity index is 2.35. The Morgan fingerprint density at radius 2 is 1.86 bits per heavy atom. The van der Waals surface area contributed by atoms with Crippen LogP contribution in [0.4, 0.5) is 13.2 Å². The molecule has 2 heterocycles. The predicted molar refractivity (Wildman–Crippen MR) is 73.7 cm³/mol. The minimum atomic E-state index is -4.49. The quantitative estimate of drug-likeness (QED) is 0.679. The van der Waals surface area contributed by atoms with Crippen LogP contribution in [-0.4, -0.2) is 14.5 Å². The summed E-state index contributed by atoms with van der Waals surface area (Å²) >= 11 is 0. The van der Waals surface area contributed by atoms with Crippen molar-refractivity contribution in [1.29, 1.82) is 0 Å². The van der Waals surface area contributed by atoms with E-state index < -0.39 is 11.7 Å². The van der Waals surface area contributed by atoms with Crippen molar-refractivity contribution in [2.75, 3.05) is 0 Å². The molecule has 3 nitrogen and oxygen atoms in total. The summed E-state index contributed by atoms with van der Waals surface area (Å²) in [5, 5.41) is 0.739. The first-order valence-corrected chi connectivity index (χ1v) is 6.33. The number of para-hydroxylation sites is 1. The van der Waals surface area contributed by atoms with Crippen molar-refractivity contribution >= 4 is 10.9 Å². The lowest BCUT2D eigenvalue weighted by molar-refractivity contribution is -0.137. The van der Waals surface area contributed by atoms with Crippen molar-refractivity contribution in [1.82, 2.24) is 14.5 Å². The Hall–Kier alpha value is -2.37. The first kappa shape index (κ1) is 13.6. The van der Waals surface area contributed by atoms with E-state index in [4.69, 9.17) is 0 Å². The van der Waals surface area contributed by atoms with Crippen LogP contribution in [-0.2, 0) is 13.2 Å². The fourth-order valence-corrected chi connectivity index (χ4v) is 2.41. The van der Waals surface area contributed by atoms with E-state index in [0.29, 0.717) is 11.4 Å². The zero-order valence-electron chi connectivity index (χ0n) is 11.4. The van der Waals surface area contributed by atoms with E-state index in [2.05, 4.69) is 9.97 Å². The Bertz CT molecular complexity index is 819. The molecule has 0 unspecified atom stereocenters. The molecule has 21 heavy (non-hydrogen) atoms. The number of aromatic nitrogens is 3. The molecular formula is C15H12F3N3. The van der Waals surface area contributed by atoms with Gasteiger partial charge in [0.05, 0.1) is 5.69 Å². The molecule has 0 aliphatic heterocycles. The summed E-state index contributed by atoms with van der Waals surface area (Å²) in [7, 11) is 1.80. The maximum Gasteiger partial charge on any atom is 0.419 e. The third-order valence-corrected chi connectivity index (χ3v) is 3.37. The highest BCUT2D eigenvalue weighted by molar-refractivity contribution is 5.95. The number of benzene rings is 1. The number of hydrogen-bond acceptors (Lipinski definition) is 2. The molecule has 0 aliphatic rings. The van der Waals surface area contributed by atoms with Gasteiger partial charge in [0, 0.05) is 35.9 Å². The summed E-state index contributed by atoms with van der Waals surface area (Å²) in [5.41, 5.74) is 0.430. The zero-order chi connectivity index (χ0) is 15.2. The third kappa shape index (κ3) is 2.26. The maximum atomic E-state index is 13.2. The van der Waals surface area contributed by atoms with Gasteiger partial charge in [-0.3, -0.25) is 0 Å². The molecule has 6 heteroatoms. The molecular weight excluding hydrogens is 279 g/mol. The van der Waals surface area contributed by atoms with E-state index in [1.165, 1.54) is 0 Å². The molecule has 0 spiro atoms. The van der Waals surface area contributed by atoms with Crippen molar-refractivity contribution in [3.63, 3.8) is 0 Å². The molecule has 0 bridgehead atoms. The van der Waals surface area contributed by atoms with Crippen molar-refractivity contribution in [3.8, 4) is 11.3 Å². The highest BCUT2D eigenvalue weighted by Crippen LogP contribution is 2.38. The van der Waals surface area contributed by atoms with Crippen LogP contribution >= 0.6 is 0 Å². The Kier molecular flexibility index (Phi) is 2.97. The molecule has 0 radical (unpaired) electrons. The zero-order valence-corrected chi connectivity index (χ0v) is 11.4. The predicted octanol–water partition coefficient (Wildman–Crippen LogP) is 3.96. The highest BCUT2D eigenvalue weighted by atomic mass is 19.4. The van der Waals surface area contributed by atoms with E-state index in [0.717, 1.165) is 17.1 Å². The molecule has 0 amide bonds. The average Bonchev–Trinajstić information content (AvgIpc) is 2.75. The summed E-state index contributed by atoms with van der Waals surface area (Å²) in [6, 6.07) is 7.30. The van der Waals surface area contributed by atoms with Gasteiger partial charge in [0.2, 0.25) is 0 Å². The molecule has 3 rings (SSSR count). The number of alkyl halides is 3. The van der Waals surface area contributed by atoms with Crippen molar-refractivity contribution in [3.05, 3.63) is 48.0 Å². The Morgan fingerprint density at radius 3 is 2.57 bits per heavy atom. The van der Waals surface area contributed by atoms with Gasteiger partial charge in [-0.1, -0.05) is 18.2 Å². The summed E-state index contributed by atoms with van der Waals surface area (Å²) in [6.45, 7) is 1.58. The largest absolute Gasteiger partial charge is 0.419 e. The van der Waals surface area contributed by atoms with Gasteiger partial charge in [0.1, 0.15) is 11.4 Å². The van der Waals surface area contributed by atoms with E-state index in [9.17, 15) is 13.2 Å². The third-order valence-electron chi connectivity index (χ3n) is 3.37. The molecule has 0 aliphatic carbocycles. The SMILES string of the molecule is Cc1ncc(C(F)(F)F)c(-c2cn(C)c3ccccc23)n1. The molecule has 108 valence electrons. The normalized spacial score (nSPS) is 12.0. The number of aryl methyl sites for hydroxylation is 2. The molecule has 0 fully saturated rings. The van der Waals surface area contributed by atoms with Crippen molar-refractivity contribution in [2.45, 2.75) is 13.1 Å². The smallest absolute Gasteiger partial charge is 0.350 e. The summed E-state index contributed by atoms with van der Waals surface area (Å²) in [4.78, 5) is 7.71. The molecule has 0 N–H and O–H groups in total. The lowest BCUT2D eigenvalue weighted by Crippen LogP contribution is -2.10. The van der Waals surface area contributed by atoms with Gasteiger partial charge >= 0.3 is 6.18 Å². The first-order chi connectivity index (χ1) is 9.88. The second-order valence-corrected chi connectivity index (χ2v) is 4.85. The molecule has 1 aromatic carbocycles. The number of nitrogens with zero attached hydrogens (tertiary/aromatic N) is 3. The van der Waals surface area contributed by atoms with Crippen molar-refractivity contribution in [2.24, 2.45) is 7.05 Å². The molecule has 0 saturated heterocycles. The van der Waals surface area contributed by atoms with Gasteiger partial charge in [-0.15, -0.1) is 0 Å². The second-order valence-electron chi connectivity index (χ2n) is 4.85. The monoisotopic (exact) mass is 291 g/mol. The average molecular weight is 291 g/mol. The summed E-state index contributed by atoms with van der Waals surface area (Å²) in [5.74, 6) is 0.311. The van der Waals surface area contributed by atoms with Crippen LogP contribution < -0.4 is 0 Å². The second kappa shape index (κ2) is 4.58. The van der Waals surface area contributed by atoms with E-state index >= 15 is 0 Å².